The van der Waals surface area contributed by atoms with Crippen LogP contribution in [0.15, 0.2) is 0 Å². The van der Waals surface area contributed by atoms with Crippen molar-refractivity contribution in [2.75, 3.05) is 20.1 Å². The standard InChI is InChI=1S/C9H20N2O2S/c1-8(6-10-3)14(12,13)11-7-9(2)4-5-9/h8,10-11H,4-7H2,1-3H3. The number of hydrogen-bond donors (Lipinski definition) is 2. The van der Waals surface area contributed by atoms with Crippen LogP contribution in [0.3, 0.4) is 0 Å². The third kappa shape index (κ3) is 3.22. The predicted molar refractivity (Wildman–Crippen MR) is 57.7 cm³/mol. The highest BCUT2D eigenvalue weighted by Gasteiger charge is 2.38. The summed E-state index contributed by atoms with van der Waals surface area (Å²) in [6, 6.07) is 0. The molecule has 1 rings (SSSR count). The van der Waals surface area contributed by atoms with Gasteiger partial charge in [-0.2, -0.15) is 0 Å². The number of rotatable bonds is 6. The Kier molecular flexibility index (Phi) is 3.55. The van der Waals surface area contributed by atoms with Gasteiger partial charge in [0.1, 0.15) is 0 Å². The minimum Gasteiger partial charge on any atom is -0.318 e. The molecule has 0 aliphatic heterocycles. The number of hydrogen-bond acceptors (Lipinski definition) is 3. The maximum Gasteiger partial charge on any atom is 0.215 e. The molecule has 0 amide bonds. The van der Waals surface area contributed by atoms with Crippen molar-refractivity contribution in [1.82, 2.24) is 10.0 Å². The average Bonchev–Trinajstić information content (AvgIpc) is 2.82. The zero-order chi connectivity index (χ0) is 10.8. The van der Waals surface area contributed by atoms with Crippen molar-refractivity contribution >= 4 is 10.0 Å². The maximum absolute atomic E-state index is 11.6. The van der Waals surface area contributed by atoms with E-state index in [0.717, 1.165) is 12.8 Å². The summed E-state index contributed by atoms with van der Waals surface area (Å²) >= 11 is 0. The lowest BCUT2D eigenvalue weighted by Crippen LogP contribution is -2.40. The zero-order valence-electron chi connectivity index (χ0n) is 9.13. The van der Waals surface area contributed by atoms with Gasteiger partial charge in [0, 0.05) is 13.1 Å². The summed E-state index contributed by atoms with van der Waals surface area (Å²) in [5.74, 6) is 0. The second-order valence-corrected chi connectivity index (χ2v) is 6.73. The van der Waals surface area contributed by atoms with Gasteiger partial charge in [0.2, 0.25) is 10.0 Å². The number of nitrogens with one attached hydrogen (secondary N) is 2. The fourth-order valence-corrected chi connectivity index (χ4v) is 2.42. The van der Waals surface area contributed by atoms with E-state index in [0.29, 0.717) is 13.1 Å². The van der Waals surface area contributed by atoms with Gasteiger partial charge in [-0.3, -0.25) is 0 Å². The first-order valence-corrected chi connectivity index (χ1v) is 6.57. The SMILES string of the molecule is CNCC(C)S(=O)(=O)NCC1(C)CC1. The molecular formula is C9H20N2O2S. The molecule has 0 heterocycles. The molecule has 5 heteroatoms. The Hall–Kier alpha value is -0.130. The van der Waals surface area contributed by atoms with Gasteiger partial charge in [-0.05, 0) is 32.2 Å². The molecule has 84 valence electrons. The molecule has 0 aromatic carbocycles. The van der Waals surface area contributed by atoms with Crippen LogP contribution < -0.4 is 10.0 Å². The smallest absolute Gasteiger partial charge is 0.215 e. The fraction of sp³-hybridized carbons (Fsp3) is 1.00. The molecule has 1 unspecified atom stereocenters. The summed E-state index contributed by atoms with van der Waals surface area (Å²) < 4.78 is 26.0. The topological polar surface area (TPSA) is 58.2 Å². The lowest BCUT2D eigenvalue weighted by Gasteiger charge is -2.15. The Morgan fingerprint density at radius 3 is 2.43 bits per heavy atom. The molecule has 0 saturated heterocycles. The second-order valence-electron chi connectivity index (χ2n) is 4.55. The lowest BCUT2D eigenvalue weighted by molar-refractivity contribution is 0.521. The molecule has 0 aromatic rings. The largest absolute Gasteiger partial charge is 0.318 e. The van der Waals surface area contributed by atoms with Crippen LogP contribution in [-0.2, 0) is 10.0 Å². The van der Waals surface area contributed by atoms with Crippen molar-refractivity contribution in [2.45, 2.75) is 31.9 Å². The lowest BCUT2D eigenvalue weighted by atomic mass is 10.2. The second kappa shape index (κ2) is 4.16. The Balaban J connectivity index is 2.40. The molecule has 1 fully saturated rings. The van der Waals surface area contributed by atoms with Crippen molar-refractivity contribution in [3.8, 4) is 0 Å². The molecular weight excluding hydrogens is 200 g/mol. The highest BCUT2D eigenvalue weighted by molar-refractivity contribution is 7.90. The van der Waals surface area contributed by atoms with E-state index >= 15 is 0 Å². The van der Waals surface area contributed by atoms with Crippen LogP contribution in [0.25, 0.3) is 0 Å². The van der Waals surface area contributed by atoms with Gasteiger partial charge in [0.25, 0.3) is 0 Å². The highest BCUT2D eigenvalue weighted by atomic mass is 32.2. The highest BCUT2D eigenvalue weighted by Crippen LogP contribution is 2.44. The predicted octanol–water partition coefficient (Wildman–Crippen LogP) is 0.314. The molecule has 4 nitrogen and oxygen atoms in total. The quantitative estimate of drug-likeness (QED) is 0.677. The van der Waals surface area contributed by atoms with Gasteiger partial charge in [0.05, 0.1) is 5.25 Å². The average molecular weight is 220 g/mol. The van der Waals surface area contributed by atoms with Crippen LogP contribution >= 0.6 is 0 Å². The zero-order valence-corrected chi connectivity index (χ0v) is 9.95. The third-order valence-corrected chi connectivity index (χ3v) is 4.60. The van der Waals surface area contributed by atoms with E-state index in [2.05, 4.69) is 17.0 Å². The van der Waals surface area contributed by atoms with Gasteiger partial charge in [-0.1, -0.05) is 6.92 Å². The van der Waals surface area contributed by atoms with E-state index in [1.54, 1.807) is 14.0 Å². The van der Waals surface area contributed by atoms with Crippen LogP contribution in [0.4, 0.5) is 0 Å². The minimum atomic E-state index is -3.13. The van der Waals surface area contributed by atoms with Crippen LogP contribution in [0, 0.1) is 5.41 Å². The van der Waals surface area contributed by atoms with Crippen molar-refractivity contribution in [3.05, 3.63) is 0 Å². The fourth-order valence-electron chi connectivity index (χ4n) is 1.20. The monoisotopic (exact) mass is 220 g/mol. The minimum absolute atomic E-state index is 0.229. The van der Waals surface area contributed by atoms with Crippen LogP contribution in [-0.4, -0.2) is 33.8 Å². The van der Waals surface area contributed by atoms with Gasteiger partial charge in [0.15, 0.2) is 0 Å². The van der Waals surface area contributed by atoms with Crippen molar-refractivity contribution in [3.63, 3.8) is 0 Å². The summed E-state index contributed by atoms with van der Waals surface area (Å²) in [4.78, 5) is 0. The first-order valence-electron chi connectivity index (χ1n) is 5.03. The Morgan fingerprint density at radius 1 is 1.43 bits per heavy atom. The third-order valence-electron chi connectivity index (χ3n) is 2.82. The van der Waals surface area contributed by atoms with E-state index < -0.39 is 10.0 Å². The van der Waals surface area contributed by atoms with Gasteiger partial charge >= 0.3 is 0 Å². The summed E-state index contributed by atoms with van der Waals surface area (Å²) in [6.07, 6.45) is 2.27. The molecule has 0 radical (unpaired) electrons. The molecule has 2 N–H and O–H groups in total. The van der Waals surface area contributed by atoms with Gasteiger partial charge < -0.3 is 5.32 Å². The molecule has 14 heavy (non-hydrogen) atoms. The van der Waals surface area contributed by atoms with Gasteiger partial charge in [-0.25, -0.2) is 13.1 Å². The van der Waals surface area contributed by atoms with E-state index in [1.807, 2.05) is 0 Å². The molecule has 0 spiro atoms. The molecule has 0 bridgehead atoms. The number of sulfonamides is 1. The Morgan fingerprint density at radius 2 is 2.00 bits per heavy atom. The molecule has 0 aromatic heterocycles. The summed E-state index contributed by atoms with van der Waals surface area (Å²) in [7, 11) is -1.37. The van der Waals surface area contributed by atoms with Crippen molar-refractivity contribution in [2.24, 2.45) is 5.41 Å². The van der Waals surface area contributed by atoms with Crippen molar-refractivity contribution < 1.29 is 8.42 Å². The van der Waals surface area contributed by atoms with Gasteiger partial charge in [-0.15, -0.1) is 0 Å². The van der Waals surface area contributed by atoms with Crippen molar-refractivity contribution in [1.29, 1.82) is 0 Å². The molecule has 1 saturated carbocycles. The summed E-state index contributed by atoms with van der Waals surface area (Å²) in [5, 5.41) is 2.50. The first kappa shape index (κ1) is 11.9. The van der Waals surface area contributed by atoms with E-state index in [-0.39, 0.29) is 10.7 Å². The molecule has 1 aliphatic rings. The summed E-state index contributed by atoms with van der Waals surface area (Å²) in [5.41, 5.74) is 0.229. The normalized spacial score (nSPS) is 21.9. The first-order chi connectivity index (χ1) is 6.40. The maximum atomic E-state index is 11.6. The van der Waals surface area contributed by atoms with Crippen LogP contribution in [0.1, 0.15) is 26.7 Å². The van der Waals surface area contributed by atoms with E-state index in [1.165, 1.54) is 0 Å². The van der Waals surface area contributed by atoms with Crippen LogP contribution in [0.5, 0.6) is 0 Å². The Bertz CT molecular complexity index is 283. The van der Waals surface area contributed by atoms with Crippen LogP contribution in [0.2, 0.25) is 0 Å². The molecule has 1 aliphatic carbocycles. The summed E-state index contributed by atoms with van der Waals surface area (Å²) in [6.45, 7) is 4.90. The van der Waals surface area contributed by atoms with E-state index in [4.69, 9.17) is 0 Å². The molecule has 1 atom stereocenters. The van der Waals surface area contributed by atoms with E-state index in [9.17, 15) is 8.42 Å². The Labute approximate surface area is 86.5 Å².